The first-order valence-corrected chi connectivity index (χ1v) is 14.6. The average molecular weight is 408 g/mol. The molecule has 160 valence electrons. The van der Waals surface area contributed by atoms with Crippen LogP contribution in [-0.2, 0) is 9.53 Å². The van der Waals surface area contributed by atoms with Gasteiger partial charge in [0.2, 0.25) is 0 Å². The number of hydrogen-bond acceptors (Lipinski definition) is 3. The monoisotopic (exact) mass is 407 g/mol. The molecule has 28 heavy (non-hydrogen) atoms. The van der Waals surface area contributed by atoms with Gasteiger partial charge in [-0.2, -0.15) is 0 Å². The summed E-state index contributed by atoms with van der Waals surface area (Å²) < 4.78 is 6.13. The van der Waals surface area contributed by atoms with Gasteiger partial charge in [0.15, 0.2) is 5.78 Å². The number of allylic oxidation sites excluding steroid dienone is 1. The van der Waals surface area contributed by atoms with Gasteiger partial charge in [0.1, 0.15) is 6.10 Å². The fourth-order valence-electron chi connectivity index (χ4n) is 4.73. The summed E-state index contributed by atoms with van der Waals surface area (Å²) in [5, 5.41) is 0.863. The van der Waals surface area contributed by atoms with Gasteiger partial charge in [0.05, 0.1) is 8.07 Å². The number of ether oxygens (including phenoxy) is 1. The molecule has 0 radical (unpaired) electrons. The van der Waals surface area contributed by atoms with Crippen molar-refractivity contribution in [2.45, 2.75) is 98.5 Å². The molecule has 1 aliphatic heterocycles. The van der Waals surface area contributed by atoms with Crippen LogP contribution in [-0.4, -0.2) is 37.0 Å². The number of carbonyl (C=O) groups is 2. The van der Waals surface area contributed by atoms with E-state index in [1.165, 1.54) is 6.42 Å². The molecule has 1 fully saturated rings. The summed E-state index contributed by atoms with van der Waals surface area (Å²) in [6, 6.07) is -0.0846. The Bertz CT molecular complexity index is 605. The lowest BCUT2D eigenvalue weighted by Crippen LogP contribution is -2.48. The van der Waals surface area contributed by atoms with Crippen molar-refractivity contribution in [3.8, 4) is 0 Å². The number of amides is 1. The smallest absolute Gasteiger partial charge is 0.414 e. The molecule has 0 aromatic carbocycles. The highest BCUT2D eigenvalue weighted by Gasteiger charge is 2.39. The molecule has 0 bridgehead atoms. The van der Waals surface area contributed by atoms with Crippen molar-refractivity contribution < 1.29 is 14.3 Å². The Morgan fingerprint density at radius 2 is 1.86 bits per heavy atom. The zero-order valence-corrected chi connectivity index (χ0v) is 20.2. The van der Waals surface area contributed by atoms with E-state index in [0.29, 0.717) is 30.1 Å². The Hall–Kier alpha value is -1.10. The van der Waals surface area contributed by atoms with Crippen LogP contribution >= 0.6 is 0 Å². The van der Waals surface area contributed by atoms with Crippen molar-refractivity contribution in [2.24, 2.45) is 23.7 Å². The Morgan fingerprint density at radius 1 is 1.21 bits per heavy atom. The Kier molecular flexibility index (Phi) is 7.57. The summed E-state index contributed by atoms with van der Waals surface area (Å²) in [4.78, 5) is 27.8. The molecule has 0 aromatic heterocycles. The van der Waals surface area contributed by atoms with Gasteiger partial charge in [-0.15, -0.1) is 0 Å². The van der Waals surface area contributed by atoms with Crippen LogP contribution in [0, 0.1) is 23.7 Å². The van der Waals surface area contributed by atoms with Crippen molar-refractivity contribution in [3.05, 3.63) is 11.4 Å². The van der Waals surface area contributed by atoms with E-state index in [-0.39, 0.29) is 24.0 Å². The summed E-state index contributed by atoms with van der Waals surface area (Å²) >= 11 is 0. The summed E-state index contributed by atoms with van der Waals surface area (Å²) in [6.45, 7) is 17.5. The molecule has 4 nitrogen and oxygen atoms in total. The van der Waals surface area contributed by atoms with Gasteiger partial charge in [0.25, 0.3) is 0 Å². The zero-order valence-electron chi connectivity index (χ0n) is 19.2. The molecule has 2 aliphatic rings. The van der Waals surface area contributed by atoms with Crippen molar-refractivity contribution in [3.63, 3.8) is 0 Å². The predicted molar refractivity (Wildman–Crippen MR) is 118 cm³/mol. The number of rotatable bonds is 5. The van der Waals surface area contributed by atoms with E-state index in [1.807, 2.05) is 6.20 Å². The minimum absolute atomic E-state index is 0.0164. The molecule has 0 N–H and O–H groups in total. The van der Waals surface area contributed by atoms with Crippen LogP contribution in [0.25, 0.3) is 0 Å². The fourth-order valence-corrected chi connectivity index (χ4v) is 6.20. The van der Waals surface area contributed by atoms with Crippen LogP contribution in [0.1, 0.15) is 66.7 Å². The fraction of sp³-hybridized carbons (Fsp3) is 0.826. The van der Waals surface area contributed by atoms with Crippen LogP contribution < -0.4 is 0 Å². The SMILES string of the molecule is CC(C)C[C@@H]1CC(=O)C([Si](C)(C)C)=CN1C(=O)O[C@@H]1C[C@H](C)CC[C@H]1C(C)C. The second-order valence-electron chi connectivity index (χ2n) is 10.9. The number of carbonyl (C=O) groups excluding carboxylic acids is 2. The number of ketones is 1. The molecular weight excluding hydrogens is 366 g/mol. The molecule has 2 rings (SSSR count). The lowest BCUT2D eigenvalue weighted by Gasteiger charge is -2.40. The molecule has 1 amide bonds. The standard InChI is InChI=1S/C23H41NO3Si/c1-15(2)11-18-13-20(25)22(28(6,7)8)14-24(18)23(26)27-21-12-17(5)9-10-19(21)16(3)4/h14-19,21H,9-13H2,1-8H3/t17-,18-,19+,21-/m1/s1. The van der Waals surface area contributed by atoms with E-state index < -0.39 is 8.07 Å². The molecule has 1 aliphatic carbocycles. The molecule has 0 aromatic rings. The van der Waals surface area contributed by atoms with Gasteiger partial charge in [0, 0.05) is 18.7 Å². The van der Waals surface area contributed by atoms with Crippen LogP contribution in [0.2, 0.25) is 19.6 Å². The van der Waals surface area contributed by atoms with E-state index in [1.54, 1.807) is 4.90 Å². The third-order valence-corrected chi connectivity index (χ3v) is 8.38. The number of nitrogens with zero attached hydrogens (tertiary/aromatic N) is 1. The molecule has 5 heteroatoms. The maximum Gasteiger partial charge on any atom is 0.414 e. The van der Waals surface area contributed by atoms with E-state index in [0.717, 1.165) is 24.5 Å². The van der Waals surface area contributed by atoms with E-state index in [9.17, 15) is 9.59 Å². The van der Waals surface area contributed by atoms with Gasteiger partial charge in [-0.1, -0.05) is 60.7 Å². The van der Waals surface area contributed by atoms with Crippen LogP contribution in [0.4, 0.5) is 4.79 Å². The Morgan fingerprint density at radius 3 is 2.39 bits per heavy atom. The van der Waals surface area contributed by atoms with Crippen molar-refractivity contribution in [2.75, 3.05) is 0 Å². The highest BCUT2D eigenvalue weighted by Crippen LogP contribution is 2.36. The second kappa shape index (κ2) is 9.14. The largest absolute Gasteiger partial charge is 0.446 e. The van der Waals surface area contributed by atoms with Gasteiger partial charge < -0.3 is 4.74 Å². The van der Waals surface area contributed by atoms with Crippen LogP contribution in [0.5, 0.6) is 0 Å². The first kappa shape index (κ1) is 23.2. The van der Waals surface area contributed by atoms with E-state index >= 15 is 0 Å². The van der Waals surface area contributed by atoms with Crippen LogP contribution in [0.15, 0.2) is 11.4 Å². The third-order valence-electron chi connectivity index (χ3n) is 6.36. The summed E-state index contributed by atoms with van der Waals surface area (Å²) in [5.41, 5.74) is 0. The molecule has 0 unspecified atom stereocenters. The molecular formula is C23H41NO3Si. The van der Waals surface area contributed by atoms with Gasteiger partial charge in [-0.05, 0) is 48.1 Å². The molecule has 4 atom stereocenters. The number of Topliss-reactive ketones (excluding diaryl/α,β-unsaturated/α-hetero) is 1. The van der Waals surface area contributed by atoms with Crippen LogP contribution in [0.3, 0.4) is 0 Å². The highest BCUT2D eigenvalue weighted by molar-refractivity contribution is 6.87. The summed E-state index contributed by atoms with van der Waals surface area (Å²) in [7, 11) is -1.81. The molecule has 1 heterocycles. The van der Waals surface area contributed by atoms with Gasteiger partial charge >= 0.3 is 6.09 Å². The van der Waals surface area contributed by atoms with Gasteiger partial charge in [-0.3, -0.25) is 9.69 Å². The average Bonchev–Trinajstić information content (AvgIpc) is 2.52. The Balaban J connectivity index is 2.26. The second-order valence-corrected chi connectivity index (χ2v) is 15.9. The molecule has 1 saturated carbocycles. The Labute approximate surface area is 173 Å². The quantitative estimate of drug-likeness (QED) is 0.522. The predicted octanol–water partition coefficient (Wildman–Crippen LogP) is 6.03. The summed E-state index contributed by atoms with van der Waals surface area (Å²) in [5.74, 6) is 2.17. The lowest BCUT2D eigenvalue weighted by atomic mass is 9.75. The minimum atomic E-state index is -1.81. The van der Waals surface area contributed by atoms with Gasteiger partial charge in [-0.25, -0.2) is 4.79 Å². The normalized spacial score (nSPS) is 29.3. The van der Waals surface area contributed by atoms with E-state index in [4.69, 9.17) is 4.74 Å². The van der Waals surface area contributed by atoms with E-state index in [2.05, 4.69) is 54.3 Å². The zero-order chi connectivity index (χ0) is 21.2. The first-order valence-electron chi connectivity index (χ1n) is 11.1. The minimum Gasteiger partial charge on any atom is -0.446 e. The van der Waals surface area contributed by atoms with Crippen molar-refractivity contribution in [1.29, 1.82) is 0 Å². The first-order chi connectivity index (χ1) is 12.9. The lowest BCUT2D eigenvalue weighted by molar-refractivity contribution is -0.116. The number of hydrogen-bond donors (Lipinski definition) is 0. The van der Waals surface area contributed by atoms with Crippen molar-refractivity contribution in [1.82, 2.24) is 4.90 Å². The highest BCUT2D eigenvalue weighted by atomic mass is 28.3. The third kappa shape index (κ3) is 5.71. The topological polar surface area (TPSA) is 46.6 Å². The summed E-state index contributed by atoms with van der Waals surface area (Å²) in [6.07, 6.45) is 6.12. The maximum atomic E-state index is 13.3. The molecule has 0 saturated heterocycles. The maximum absolute atomic E-state index is 13.3. The molecule has 0 spiro atoms. The van der Waals surface area contributed by atoms with Crippen molar-refractivity contribution >= 4 is 20.0 Å².